The number of piperidine rings is 1. The largest absolute Gasteiger partial charge is 0.390 e. The summed E-state index contributed by atoms with van der Waals surface area (Å²) in [6.07, 6.45) is -0.801. The van der Waals surface area contributed by atoms with Crippen LogP contribution in [0.15, 0.2) is 21.9 Å². The normalized spacial score (nSPS) is 16.7. The number of benzene rings is 1. The molecule has 1 aromatic carbocycles. The molecule has 1 aliphatic rings. The second-order valence-electron chi connectivity index (χ2n) is 8.22. The molecule has 10 N–H and O–H groups in total. The average Bonchev–Trinajstić information content (AvgIpc) is 3.39. The van der Waals surface area contributed by atoms with Crippen molar-refractivity contribution >= 4 is 35.8 Å². The molecule has 1 fully saturated rings. The molecule has 1 saturated heterocycles. The van der Waals surface area contributed by atoms with Crippen molar-refractivity contribution in [3.05, 3.63) is 12.1 Å². The van der Waals surface area contributed by atoms with E-state index in [1.807, 2.05) is 0 Å². The number of aliphatic hydroxyl groups excluding tert-OH is 1. The van der Waals surface area contributed by atoms with E-state index in [0.717, 1.165) is 6.07 Å². The fraction of sp³-hybridized carbons (Fsp3) is 0.588. The van der Waals surface area contributed by atoms with Gasteiger partial charge >= 0.3 is 0 Å². The van der Waals surface area contributed by atoms with Crippen LogP contribution < -0.4 is 31.0 Å². The molecule has 208 valence electrons. The molecule has 0 radical (unpaired) electrons. The molecule has 0 bridgehead atoms. The zero-order valence-electron chi connectivity index (χ0n) is 19.6. The molecule has 2 aromatic rings. The highest BCUT2D eigenvalue weighted by atomic mass is 32.2. The van der Waals surface area contributed by atoms with Gasteiger partial charge in [0.15, 0.2) is 0 Å². The summed E-state index contributed by atoms with van der Waals surface area (Å²) in [6.45, 7) is -0.0635. The van der Waals surface area contributed by atoms with Crippen LogP contribution in [0.4, 0.5) is 5.69 Å². The van der Waals surface area contributed by atoms with Crippen molar-refractivity contribution in [2.45, 2.75) is 34.0 Å². The van der Waals surface area contributed by atoms with Crippen LogP contribution in [0.2, 0.25) is 0 Å². The summed E-state index contributed by atoms with van der Waals surface area (Å²) >= 11 is 0. The number of primary sulfonamides is 1. The molecule has 1 aromatic heterocycles. The summed E-state index contributed by atoms with van der Waals surface area (Å²) in [4.78, 5) is 0.226. The Morgan fingerprint density at radius 1 is 1.11 bits per heavy atom. The van der Waals surface area contributed by atoms with Gasteiger partial charge in [0.1, 0.15) is 9.79 Å². The van der Waals surface area contributed by atoms with E-state index in [1.54, 1.807) is 4.90 Å². The number of nitrogens with one attached hydrogen (secondary N) is 3. The van der Waals surface area contributed by atoms with Crippen LogP contribution in [0.1, 0.15) is 12.8 Å². The number of tetrazole rings is 1. The highest BCUT2D eigenvalue weighted by molar-refractivity contribution is 7.92. The van der Waals surface area contributed by atoms with E-state index < -0.39 is 57.8 Å². The number of hydrogen-bond donors (Lipinski definition) is 7. The van der Waals surface area contributed by atoms with E-state index in [4.69, 9.17) is 16.6 Å². The number of rotatable bonds is 12. The predicted octanol–water partition coefficient (Wildman–Crippen LogP) is -4.04. The number of hydrogen-bond acceptors (Lipinski definition) is 13. The molecule has 0 saturated carbocycles. The predicted molar refractivity (Wildman–Crippen MR) is 132 cm³/mol. The van der Waals surface area contributed by atoms with Crippen LogP contribution in [-0.4, -0.2) is 102 Å². The topological polar surface area (TPSA) is 282 Å². The van der Waals surface area contributed by atoms with E-state index in [9.17, 15) is 30.4 Å². The number of aromatic nitrogens is 4. The first-order valence-corrected chi connectivity index (χ1v) is 15.6. The lowest BCUT2D eigenvalue weighted by Crippen LogP contribution is -2.44. The van der Waals surface area contributed by atoms with E-state index in [2.05, 4.69) is 30.1 Å². The van der Waals surface area contributed by atoms with Gasteiger partial charge in [0.25, 0.3) is 0 Å². The fourth-order valence-electron chi connectivity index (χ4n) is 3.89. The average molecular weight is 583 g/mol. The van der Waals surface area contributed by atoms with Crippen molar-refractivity contribution in [1.29, 1.82) is 0 Å². The van der Waals surface area contributed by atoms with Crippen LogP contribution in [0.5, 0.6) is 0 Å². The second-order valence-corrected chi connectivity index (χ2v) is 13.5. The van der Waals surface area contributed by atoms with Crippen LogP contribution >= 0.6 is 0 Å². The third-order valence-electron chi connectivity index (χ3n) is 5.69. The Balaban J connectivity index is 2.07. The van der Waals surface area contributed by atoms with Crippen molar-refractivity contribution in [2.75, 3.05) is 44.2 Å². The fourth-order valence-corrected chi connectivity index (χ4v) is 8.02. The molecular formula is C17H30N10O7S3. The number of aliphatic hydroxyl groups is 1. The van der Waals surface area contributed by atoms with E-state index in [-0.39, 0.29) is 62.6 Å². The minimum atomic E-state index is -4.70. The van der Waals surface area contributed by atoms with Gasteiger partial charge in [0.2, 0.25) is 35.9 Å². The Hall–Kier alpha value is -2.30. The molecular weight excluding hydrogens is 552 g/mol. The highest BCUT2D eigenvalue weighted by Gasteiger charge is 2.35. The Labute approximate surface area is 214 Å². The monoisotopic (exact) mass is 582 g/mol. The molecule has 0 spiro atoms. The summed E-state index contributed by atoms with van der Waals surface area (Å²) in [5.41, 5.74) is 10.7. The van der Waals surface area contributed by atoms with Gasteiger partial charge in [-0.1, -0.05) is 0 Å². The molecule has 17 nitrogen and oxygen atoms in total. The van der Waals surface area contributed by atoms with Gasteiger partial charge in [-0.05, 0) is 30.2 Å². The van der Waals surface area contributed by atoms with Crippen molar-refractivity contribution in [2.24, 2.45) is 16.6 Å². The molecule has 0 amide bonds. The minimum Gasteiger partial charge on any atom is -0.390 e. The van der Waals surface area contributed by atoms with Crippen molar-refractivity contribution in [1.82, 2.24) is 30.1 Å². The van der Waals surface area contributed by atoms with Gasteiger partial charge in [-0.25, -0.2) is 39.8 Å². The molecule has 0 aliphatic carbocycles. The van der Waals surface area contributed by atoms with Gasteiger partial charge in [-0.15, -0.1) is 10.2 Å². The van der Waals surface area contributed by atoms with Crippen LogP contribution in [0, 0.1) is 0 Å². The van der Waals surface area contributed by atoms with Crippen molar-refractivity contribution in [3.63, 3.8) is 0 Å². The summed E-state index contributed by atoms with van der Waals surface area (Å²) in [5, 5.41) is 27.7. The van der Waals surface area contributed by atoms with Gasteiger partial charge in [0, 0.05) is 45.0 Å². The molecule has 1 atom stereocenters. The van der Waals surface area contributed by atoms with Gasteiger partial charge in [-0.2, -0.15) is 5.21 Å². The number of nitrogens with zero attached hydrogens (tertiary/aromatic N) is 4. The number of anilines is 1. The summed E-state index contributed by atoms with van der Waals surface area (Å²) in [6, 6.07) is 2.41. The van der Waals surface area contributed by atoms with Gasteiger partial charge < -0.3 is 21.5 Å². The smallest absolute Gasteiger partial charge is 0.242 e. The van der Waals surface area contributed by atoms with Gasteiger partial charge in [-0.3, -0.25) is 0 Å². The van der Waals surface area contributed by atoms with Crippen LogP contribution in [-0.2, 0) is 30.1 Å². The Kier molecular flexibility index (Phi) is 9.18. The van der Waals surface area contributed by atoms with Gasteiger partial charge in [0.05, 0.1) is 16.9 Å². The first-order valence-electron chi connectivity index (χ1n) is 11.1. The Morgan fingerprint density at radius 3 is 2.32 bits per heavy atom. The quantitative estimate of drug-likeness (QED) is 0.126. The zero-order valence-corrected chi connectivity index (χ0v) is 22.1. The van der Waals surface area contributed by atoms with Crippen molar-refractivity contribution in [3.8, 4) is 11.4 Å². The lowest BCUT2D eigenvalue weighted by Gasteiger charge is -2.34. The summed E-state index contributed by atoms with van der Waals surface area (Å²) in [7, 11) is -12.8. The Morgan fingerprint density at radius 2 is 1.78 bits per heavy atom. The molecule has 1 unspecified atom stereocenters. The first kappa shape index (κ1) is 29.3. The number of H-pyrrole nitrogens is 1. The van der Waals surface area contributed by atoms with E-state index in [1.165, 1.54) is 6.07 Å². The maximum Gasteiger partial charge on any atom is 0.242 e. The van der Waals surface area contributed by atoms with Crippen LogP contribution in [0.25, 0.3) is 11.4 Å². The maximum atomic E-state index is 13.0. The van der Waals surface area contributed by atoms with E-state index >= 15 is 0 Å². The standard InChI is InChI=1S/C17H30N10O7S3/c18-5-6-21-36(31,32)12-3-7-27(8-4-12)13-1-2-14(37(33,34)22-10-11(28)9-19)16(35(20,29)30)15(13)17-23-25-26-24-17/h1-2,11-12,21-22,28H,3-10,18-19H2,(H2,20,29,30)(H,23,24,25,26). The Bertz CT molecular complexity index is 1390. The van der Waals surface area contributed by atoms with Crippen molar-refractivity contribution < 1.29 is 30.4 Å². The molecule has 1 aliphatic heterocycles. The highest BCUT2D eigenvalue weighted by Crippen LogP contribution is 2.39. The van der Waals surface area contributed by atoms with Crippen LogP contribution in [0.3, 0.4) is 0 Å². The molecule has 2 heterocycles. The third-order valence-corrected chi connectivity index (χ3v) is 10.2. The SMILES string of the molecule is NCCNS(=O)(=O)C1CCN(c2ccc(S(=O)(=O)NCC(O)CN)c(S(N)(=O)=O)c2-c2nn[nH]n2)CC1. The first-order chi connectivity index (χ1) is 17.3. The lowest BCUT2D eigenvalue weighted by atomic mass is 10.1. The second kappa shape index (κ2) is 11.6. The van der Waals surface area contributed by atoms with E-state index in [0.29, 0.717) is 0 Å². The molecule has 3 rings (SSSR count). The summed E-state index contributed by atoms with van der Waals surface area (Å²) < 4.78 is 81.1. The lowest BCUT2D eigenvalue weighted by molar-refractivity contribution is 0.186. The maximum absolute atomic E-state index is 13.0. The zero-order chi connectivity index (χ0) is 27.4. The minimum absolute atomic E-state index is 0.106. The molecule has 37 heavy (non-hydrogen) atoms. The number of nitrogens with two attached hydrogens (primary N) is 3. The number of sulfonamides is 3. The number of aromatic amines is 1. The summed E-state index contributed by atoms with van der Waals surface area (Å²) in [5.74, 6) is -0.238. The molecule has 20 heteroatoms. The third kappa shape index (κ3) is 6.78.